The lowest BCUT2D eigenvalue weighted by Gasteiger charge is -2.06. The van der Waals surface area contributed by atoms with E-state index in [0.29, 0.717) is 0 Å². The molecule has 10 heteroatoms. The molecule has 0 bridgehead atoms. The lowest BCUT2D eigenvalue weighted by atomic mass is 10.3. The quantitative estimate of drug-likeness (QED) is 0.879. The van der Waals surface area contributed by atoms with E-state index in [1.54, 1.807) is 0 Å². The minimum Gasteiger partial charge on any atom is -0.319 e. The zero-order valence-electron chi connectivity index (χ0n) is 9.20. The van der Waals surface area contributed by atoms with Crippen LogP contribution in [0.25, 0.3) is 0 Å². The minimum absolute atomic E-state index is 0.0584. The van der Waals surface area contributed by atoms with Crippen LogP contribution in [-0.2, 0) is 10.0 Å². The van der Waals surface area contributed by atoms with Crippen LogP contribution in [-0.4, -0.2) is 23.9 Å². The molecular formula is C9H7ClN4O3S2. The number of sulfonamides is 1. The number of halogens is 1. The molecule has 0 aliphatic carbocycles. The zero-order chi connectivity index (χ0) is 14.0. The third-order valence-electron chi connectivity index (χ3n) is 2.11. The molecule has 1 heterocycles. The number of amides is 1. The third-order valence-corrected chi connectivity index (χ3v) is 3.84. The number of aromatic nitrogens is 2. The summed E-state index contributed by atoms with van der Waals surface area (Å²) in [4.78, 5) is 11.6. The molecule has 0 radical (unpaired) electrons. The van der Waals surface area contributed by atoms with Crippen LogP contribution < -0.4 is 10.5 Å². The van der Waals surface area contributed by atoms with Crippen molar-refractivity contribution in [3.05, 3.63) is 34.3 Å². The average Bonchev–Trinajstić information content (AvgIpc) is 2.84. The normalized spacial score (nSPS) is 11.3. The minimum atomic E-state index is -3.83. The predicted octanol–water partition coefficient (Wildman–Crippen LogP) is 1.09. The van der Waals surface area contributed by atoms with Crippen molar-refractivity contribution in [2.75, 3.05) is 5.32 Å². The summed E-state index contributed by atoms with van der Waals surface area (Å²) in [5.41, 5.74) is 0.406. The summed E-state index contributed by atoms with van der Waals surface area (Å²) < 4.78 is 25.8. The predicted molar refractivity (Wildman–Crippen MR) is 70.7 cm³/mol. The standard InChI is InChI=1S/C9H7ClN4O3S2/c10-6-3-5(19(11,16)17)1-2-7(6)12-9(15)8-4-18-14-13-8/h1-4H,(H,12,15)(H2,11,16,17). The number of carbonyl (C=O) groups is 1. The number of anilines is 1. The molecule has 2 aromatic rings. The Bertz CT molecular complexity index is 715. The molecule has 3 N–H and O–H groups in total. The molecule has 1 aromatic heterocycles. The molecule has 2 rings (SSSR count). The number of nitrogens with one attached hydrogen (secondary N) is 1. The average molecular weight is 319 g/mol. The Morgan fingerprint density at radius 2 is 2.16 bits per heavy atom. The second-order valence-corrected chi connectivity index (χ2v) is 6.01. The highest BCUT2D eigenvalue weighted by Gasteiger charge is 2.14. The molecule has 0 aliphatic rings. The van der Waals surface area contributed by atoms with E-state index in [2.05, 4.69) is 14.9 Å². The van der Waals surface area contributed by atoms with E-state index in [0.717, 1.165) is 17.6 Å². The Balaban J connectivity index is 2.25. The molecule has 0 aliphatic heterocycles. The smallest absolute Gasteiger partial charge is 0.277 e. The SMILES string of the molecule is NS(=O)(=O)c1ccc(NC(=O)c2csnn2)c(Cl)c1. The van der Waals surface area contributed by atoms with Crippen LogP contribution in [0.15, 0.2) is 28.5 Å². The van der Waals surface area contributed by atoms with Crippen molar-refractivity contribution in [2.45, 2.75) is 4.90 Å². The molecule has 0 saturated carbocycles. The van der Waals surface area contributed by atoms with Gasteiger partial charge in [-0.15, -0.1) is 5.10 Å². The van der Waals surface area contributed by atoms with Gasteiger partial charge in [0.25, 0.3) is 5.91 Å². The fraction of sp³-hybridized carbons (Fsp3) is 0. The van der Waals surface area contributed by atoms with Crippen LogP contribution in [0.2, 0.25) is 5.02 Å². The maximum absolute atomic E-state index is 11.7. The van der Waals surface area contributed by atoms with Gasteiger partial charge in [-0.25, -0.2) is 13.6 Å². The second kappa shape index (κ2) is 5.21. The lowest BCUT2D eigenvalue weighted by Crippen LogP contribution is -2.14. The van der Waals surface area contributed by atoms with Gasteiger partial charge in [-0.05, 0) is 29.7 Å². The zero-order valence-corrected chi connectivity index (χ0v) is 11.6. The number of benzene rings is 1. The largest absolute Gasteiger partial charge is 0.319 e. The first-order chi connectivity index (χ1) is 8.88. The van der Waals surface area contributed by atoms with Crippen LogP contribution in [0.3, 0.4) is 0 Å². The van der Waals surface area contributed by atoms with Crippen LogP contribution in [0, 0.1) is 0 Å². The highest BCUT2D eigenvalue weighted by molar-refractivity contribution is 7.89. The summed E-state index contributed by atoms with van der Waals surface area (Å²) in [7, 11) is -3.83. The van der Waals surface area contributed by atoms with Gasteiger partial charge < -0.3 is 5.32 Å². The van der Waals surface area contributed by atoms with Crippen LogP contribution in [0.1, 0.15) is 10.5 Å². The summed E-state index contributed by atoms with van der Waals surface area (Å²) in [6.45, 7) is 0. The molecule has 100 valence electrons. The first-order valence-electron chi connectivity index (χ1n) is 4.78. The third kappa shape index (κ3) is 3.26. The van der Waals surface area contributed by atoms with Crippen molar-refractivity contribution in [1.29, 1.82) is 0 Å². The molecule has 0 atom stereocenters. The highest BCUT2D eigenvalue weighted by atomic mass is 35.5. The van der Waals surface area contributed by atoms with E-state index in [-0.39, 0.29) is 21.3 Å². The lowest BCUT2D eigenvalue weighted by molar-refractivity contribution is 0.102. The second-order valence-electron chi connectivity index (χ2n) is 3.43. The summed E-state index contributed by atoms with van der Waals surface area (Å²) in [5, 5.41) is 12.6. The number of rotatable bonds is 3. The number of carbonyl (C=O) groups excluding carboxylic acids is 1. The van der Waals surface area contributed by atoms with Crippen molar-refractivity contribution in [3.63, 3.8) is 0 Å². The van der Waals surface area contributed by atoms with Crippen molar-refractivity contribution in [2.24, 2.45) is 5.14 Å². The number of hydrogen-bond acceptors (Lipinski definition) is 6. The van der Waals surface area contributed by atoms with Crippen molar-refractivity contribution >= 4 is 44.8 Å². The van der Waals surface area contributed by atoms with Crippen LogP contribution in [0.4, 0.5) is 5.69 Å². The Morgan fingerprint density at radius 1 is 1.42 bits per heavy atom. The molecule has 0 saturated heterocycles. The topological polar surface area (TPSA) is 115 Å². The molecule has 1 aromatic carbocycles. The van der Waals surface area contributed by atoms with Crippen molar-refractivity contribution < 1.29 is 13.2 Å². The van der Waals surface area contributed by atoms with Gasteiger partial charge in [0.1, 0.15) is 0 Å². The molecule has 7 nitrogen and oxygen atoms in total. The summed E-state index contributed by atoms with van der Waals surface area (Å²) in [5.74, 6) is -0.487. The van der Waals surface area contributed by atoms with Gasteiger partial charge in [0.2, 0.25) is 10.0 Å². The van der Waals surface area contributed by atoms with Gasteiger partial charge in [-0.3, -0.25) is 4.79 Å². The number of nitrogens with two attached hydrogens (primary N) is 1. The molecule has 0 unspecified atom stereocenters. The maximum atomic E-state index is 11.7. The first-order valence-corrected chi connectivity index (χ1v) is 7.55. The number of nitrogens with zero attached hydrogens (tertiary/aromatic N) is 2. The van der Waals surface area contributed by atoms with E-state index < -0.39 is 15.9 Å². The molecule has 1 amide bonds. The van der Waals surface area contributed by atoms with E-state index in [9.17, 15) is 13.2 Å². The van der Waals surface area contributed by atoms with E-state index in [1.807, 2.05) is 0 Å². The number of hydrogen-bond donors (Lipinski definition) is 2. The Labute approximate surface area is 117 Å². The van der Waals surface area contributed by atoms with E-state index >= 15 is 0 Å². The fourth-order valence-corrected chi connectivity index (χ4v) is 2.49. The monoisotopic (exact) mass is 318 g/mol. The van der Waals surface area contributed by atoms with E-state index in [1.165, 1.54) is 17.5 Å². The maximum Gasteiger partial charge on any atom is 0.277 e. The van der Waals surface area contributed by atoms with Crippen LogP contribution >= 0.6 is 23.1 Å². The summed E-state index contributed by atoms with van der Waals surface area (Å²) >= 11 is 6.91. The van der Waals surface area contributed by atoms with Gasteiger partial charge in [0.05, 0.1) is 15.6 Å². The van der Waals surface area contributed by atoms with Crippen LogP contribution in [0.5, 0.6) is 0 Å². The van der Waals surface area contributed by atoms with Gasteiger partial charge in [-0.2, -0.15) is 0 Å². The Morgan fingerprint density at radius 3 is 2.68 bits per heavy atom. The summed E-state index contributed by atoms with van der Waals surface area (Å²) in [6.07, 6.45) is 0. The van der Waals surface area contributed by atoms with Crippen molar-refractivity contribution in [3.8, 4) is 0 Å². The van der Waals surface area contributed by atoms with Gasteiger partial charge >= 0.3 is 0 Å². The Hall–Kier alpha value is -1.55. The number of primary sulfonamides is 1. The van der Waals surface area contributed by atoms with Gasteiger partial charge in [-0.1, -0.05) is 16.1 Å². The molecular weight excluding hydrogens is 312 g/mol. The molecule has 0 spiro atoms. The fourth-order valence-electron chi connectivity index (χ4n) is 1.22. The van der Waals surface area contributed by atoms with Gasteiger partial charge in [0.15, 0.2) is 5.69 Å². The molecule has 0 fully saturated rings. The van der Waals surface area contributed by atoms with Crippen molar-refractivity contribution in [1.82, 2.24) is 9.59 Å². The van der Waals surface area contributed by atoms with E-state index in [4.69, 9.17) is 16.7 Å². The Kier molecular flexibility index (Phi) is 3.80. The summed E-state index contributed by atoms with van der Waals surface area (Å²) in [6, 6.07) is 3.75. The first kappa shape index (κ1) is 13.9. The van der Waals surface area contributed by atoms with Gasteiger partial charge in [0, 0.05) is 5.38 Å². The molecule has 19 heavy (non-hydrogen) atoms. The highest BCUT2D eigenvalue weighted by Crippen LogP contribution is 2.25.